The zero-order valence-electron chi connectivity index (χ0n) is 24.0. The molecule has 246 valence electrons. The van der Waals surface area contributed by atoms with Gasteiger partial charge < -0.3 is 49.5 Å². The van der Waals surface area contributed by atoms with Crippen LogP contribution >= 0.6 is 10.9 Å². The van der Waals surface area contributed by atoms with Gasteiger partial charge in [0.15, 0.2) is 5.75 Å². The van der Waals surface area contributed by atoms with Gasteiger partial charge in [-0.2, -0.15) is 8.42 Å². The third-order valence-electron chi connectivity index (χ3n) is 6.16. The molecule has 10 N–H and O–H groups in total. The topological polar surface area (TPSA) is 282 Å². The largest absolute Gasteiger partial charge is 0.505 e. The van der Waals surface area contributed by atoms with Crippen LogP contribution in [0.4, 0.5) is 34.1 Å². The van der Waals surface area contributed by atoms with E-state index < -0.39 is 55.4 Å². The minimum atomic E-state index is -4.73. The molecule has 0 aliphatic carbocycles. The molecule has 46 heavy (non-hydrogen) atoms. The van der Waals surface area contributed by atoms with Gasteiger partial charge in [-0.05, 0) is 41.8 Å². The van der Waals surface area contributed by atoms with Crippen molar-refractivity contribution in [1.82, 2.24) is 0 Å². The smallest absolute Gasteiger partial charge is 0.296 e. The lowest BCUT2D eigenvalue weighted by molar-refractivity contribution is 0.198. The van der Waals surface area contributed by atoms with Gasteiger partial charge >= 0.3 is 0 Å². The summed E-state index contributed by atoms with van der Waals surface area (Å²) < 4.78 is 74.8. The molecule has 0 saturated heterocycles. The highest BCUT2D eigenvalue weighted by Crippen LogP contribution is 2.54. The van der Waals surface area contributed by atoms with E-state index in [9.17, 15) is 41.9 Å². The Hall–Kier alpha value is -4.60. The monoisotopic (exact) mass is 678 g/mol. The summed E-state index contributed by atoms with van der Waals surface area (Å²) in [7, 11) is -7.48. The van der Waals surface area contributed by atoms with Crippen LogP contribution in [0.3, 0.4) is 0 Å². The molecule has 0 aromatic heterocycles. The van der Waals surface area contributed by atoms with Crippen LogP contribution in [0.2, 0.25) is 0 Å². The third kappa shape index (κ3) is 7.97. The number of fused-ring (bicyclic) bond motifs is 1. The number of hydrogen-bond acceptors (Lipinski definition) is 16. The number of nitrogens with two attached hydrogens (primary N) is 1. The quantitative estimate of drug-likeness (QED) is 0.0475. The molecular weight excluding hydrogens is 648 g/mol. The summed E-state index contributed by atoms with van der Waals surface area (Å²) >= 11 is 0. The second kappa shape index (κ2) is 14.2. The summed E-state index contributed by atoms with van der Waals surface area (Å²) in [6.07, 6.45) is 0. The Kier molecular flexibility index (Phi) is 10.6. The molecule has 0 atom stereocenters. The van der Waals surface area contributed by atoms with E-state index in [-0.39, 0.29) is 52.8 Å². The molecule has 0 spiro atoms. The molecule has 0 unspecified atom stereocenters. The Labute approximate surface area is 263 Å². The maximum Gasteiger partial charge on any atom is 0.296 e. The fourth-order valence-electron chi connectivity index (χ4n) is 4.07. The van der Waals surface area contributed by atoms with Crippen LogP contribution in [0.1, 0.15) is 0 Å². The van der Waals surface area contributed by atoms with E-state index in [4.69, 9.17) is 15.2 Å². The zero-order valence-corrected chi connectivity index (χ0v) is 25.6. The molecule has 0 bridgehead atoms. The van der Waals surface area contributed by atoms with Crippen molar-refractivity contribution in [3.8, 4) is 17.2 Å². The number of rotatable bonds is 13. The van der Waals surface area contributed by atoms with E-state index in [0.717, 1.165) is 6.07 Å². The lowest BCUT2D eigenvalue weighted by atomic mass is 10.1. The Bertz CT molecular complexity index is 1920. The number of aliphatic hydroxyl groups excluding tert-OH is 2. The molecule has 0 aliphatic heterocycles. The van der Waals surface area contributed by atoms with Crippen molar-refractivity contribution in [3.63, 3.8) is 0 Å². The van der Waals surface area contributed by atoms with Crippen molar-refractivity contribution in [3.05, 3.63) is 54.6 Å². The molecule has 17 nitrogen and oxygen atoms in total. The van der Waals surface area contributed by atoms with Crippen molar-refractivity contribution in [1.29, 1.82) is 0 Å². The number of benzene rings is 4. The van der Waals surface area contributed by atoms with Crippen LogP contribution in [-0.2, 0) is 10.1 Å². The molecule has 4 rings (SSSR count). The molecule has 0 heterocycles. The van der Waals surface area contributed by atoms with Crippen LogP contribution in [0.25, 0.3) is 10.8 Å². The average molecular weight is 679 g/mol. The van der Waals surface area contributed by atoms with Gasteiger partial charge in [-0.25, -0.2) is 0 Å². The number of phenols is 1. The van der Waals surface area contributed by atoms with Crippen LogP contribution < -0.4 is 20.5 Å². The first-order chi connectivity index (χ1) is 21.8. The van der Waals surface area contributed by atoms with Gasteiger partial charge in [-0.1, -0.05) is 6.07 Å². The van der Waals surface area contributed by atoms with Crippen LogP contribution in [0.5, 0.6) is 17.2 Å². The minimum absolute atomic E-state index is 0.0402. The summed E-state index contributed by atoms with van der Waals surface area (Å²) in [4.78, 5) is -1.13. The molecule has 0 fully saturated rings. The highest BCUT2D eigenvalue weighted by atomic mass is 32.3. The second-order valence-electron chi connectivity index (χ2n) is 9.31. The highest BCUT2D eigenvalue weighted by molar-refractivity contribution is 8.19. The number of nitrogens with zero attached hydrogens (tertiary/aromatic N) is 4. The molecule has 19 heteroatoms. The van der Waals surface area contributed by atoms with Gasteiger partial charge in [0.1, 0.15) is 63.2 Å². The minimum Gasteiger partial charge on any atom is -0.505 e. The molecule has 4 aromatic rings. The van der Waals surface area contributed by atoms with E-state index in [1.165, 1.54) is 30.3 Å². The average Bonchev–Trinajstić information content (AvgIpc) is 3.01. The lowest BCUT2D eigenvalue weighted by Gasteiger charge is -2.22. The summed E-state index contributed by atoms with van der Waals surface area (Å²) in [6, 6.07) is 12.1. The van der Waals surface area contributed by atoms with Crippen molar-refractivity contribution < 1.29 is 51.4 Å². The summed E-state index contributed by atoms with van der Waals surface area (Å²) in [5.41, 5.74) is 5.38. The fraction of sp³-hybridized carbons (Fsp3) is 0.185. The van der Waals surface area contributed by atoms with Crippen LogP contribution in [0.15, 0.2) is 84.8 Å². The fourth-order valence-corrected chi connectivity index (χ4v) is 5.41. The summed E-state index contributed by atoms with van der Waals surface area (Å²) in [5.74, 6) is -0.675. The van der Waals surface area contributed by atoms with Crippen molar-refractivity contribution in [2.75, 3.05) is 44.5 Å². The van der Waals surface area contributed by atoms with Crippen molar-refractivity contribution in [2.24, 2.45) is 20.5 Å². The third-order valence-corrected chi connectivity index (χ3v) is 7.94. The summed E-state index contributed by atoms with van der Waals surface area (Å²) in [5, 5.41) is 49.3. The van der Waals surface area contributed by atoms with Gasteiger partial charge in [-0.3, -0.25) is 4.55 Å². The number of aliphatic hydroxyl groups is 2. The number of nitrogen functional groups attached to an aromatic ring is 1. The van der Waals surface area contributed by atoms with E-state index in [2.05, 4.69) is 25.8 Å². The first-order valence-corrected chi connectivity index (χ1v) is 16.0. The van der Waals surface area contributed by atoms with Crippen LogP contribution in [0, 0.1) is 0 Å². The maximum absolute atomic E-state index is 11.9. The number of hydrogen-bond donors (Lipinski definition) is 9. The molecular formula is C27H30N6O11S2. The predicted molar refractivity (Wildman–Crippen MR) is 170 cm³/mol. The zero-order chi connectivity index (χ0) is 33.6. The number of phenolic OH excluding ortho intramolecular Hbond substituents is 1. The Morgan fingerprint density at radius 1 is 0.761 bits per heavy atom. The van der Waals surface area contributed by atoms with Gasteiger partial charge in [0.25, 0.3) is 10.1 Å². The highest BCUT2D eigenvalue weighted by Gasteiger charge is 2.26. The number of nitrogens with one attached hydrogen (secondary N) is 1. The van der Waals surface area contributed by atoms with E-state index in [1.807, 2.05) is 0 Å². The molecule has 0 amide bonds. The summed E-state index contributed by atoms with van der Waals surface area (Å²) in [6.45, 7) is -1.31. The Morgan fingerprint density at radius 3 is 1.89 bits per heavy atom. The number of anilines is 2. The van der Waals surface area contributed by atoms with Crippen LogP contribution in [-0.4, -0.2) is 75.4 Å². The Balaban J connectivity index is 1.88. The number of aromatic hydroxyl groups is 1. The second-order valence-corrected chi connectivity index (χ2v) is 12.2. The normalized spacial score (nSPS) is 12.7. The van der Waals surface area contributed by atoms with Gasteiger partial charge in [-0.15, -0.1) is 20.5 Å². The SMILES string of the molecule is CNc1ccc2cc(S(O)(O)O)c(N=Nc3cc(OCCO)c(N=Nc4ccc(N)cc4S(=O)(=O)O)cc3OCCO)c(O)c2c1. The predicted octanol–water partition coefficient (Wildman–Crippen LogP) is 5.57. The van der Waals surface area contributed by atoms with Gasteiger partial charge in [0.05, 0.1) is 18.1 Å². The van der Waals surface area contributed by atoms with Gasteiger partial charge in [0, 0.05) is 35.9 Å². The first kappa shape index (κ1) is 34.3. The Morgan fingerprint density at radius 2 is 1.35 bits per heavy atom. The molecule has 4 aromatic carbocycles. The first-order valence-electron chi connectivity index (χ1n) is 13.1. The molecule has 0 saturated carbocycles. The standard InChI is InChI=1S/C27H30N6O11S2/c1-29-17-4-2-15-10-25(46(40,41)42)26(27(36)18(15)12-17)33-32-21-14-22(43-8-6-34)20(13-23(21)44-9-7-35)31-30-19-5-3-16(28)11-24(19)45(37,38)39/h2-5,10-14,29,34-36,40-42H,6-9,28H2,1H3,(H,37,38,39). The number of ether oxygens (including phenoxy) is 2. The van der Waals surface area contributed by atoms with Gasteiger partial charge in [0.2, 0.25) is 0 Å². The van der Waals surface area contributed by atoms with E-state index in [1.54, 1.807) is 25.2 Å². The van der Waals surface area contributed by atoms with E-state index >= 15 is 0 Å². The van der Waals surface area contributed by atoms with Crippen molar-refractivity contribution in [2.45, 2.75) is 9.79 Å². The van der Waals surface area contributed by atoms with Crippen molar-refractivity contribution >= 4 is 65.9 Å². The van der Waals surface area contributed by atoms with E-state index in [0.29, 0.717) is 11.1 Å². The maximum atomic E-state index is 11.9. The molecule has 0 aliphatic rings. The number of azo groups is 2. The molecule has 0 radical (unpaired) electrons. The lowest BCUT2D eigenvalue weighted by Crippen LogP contribution is -2.04.